The molecule has 0 bridgehead atoms. The molecule has 0 aliphatic heterocycles. The Balaban J connectivity index is 2.43. The van der Waals surface area contributed by atoms with E-state index in [4.69, 9.17) is 14.2 Å². The second-order valence-corrected chi connectivity index (χ2v) is 3.73. The van der Waals surface area contributed by atoms with Gasteiger partial charge in [0.25, 0.3) is 0 Å². The third-order valence-corrected chi connectivity index (χ3v) is 1.80. The molecule has 88 valence electrons. The van der Waals surface area contributed by atoms with E-state index < -0.39 is 6.16 Å². The topological polar surface area (TPSA) is 44.8 Å². The van der Waals surface area contributed by atoms with Gasteiger partial charge >= 0.3 is 6.16 Å². The Kier molecular flexibility index (Phi) is 4.64. The molecule has 0 unspecified atom stereocenters. The van der Waals surface area contributed by atoms with Crippen LogP contribution in [0.1, 0.15) is 13.8 Å². The first-order valence-electron chi connectivity index (χ1n) is 5.10. The summed E-state index contributed by atoms with van der Waals surface area (Å²) in [5.74, 6) is 1.45. The molecule has 4 nitrogen and oxygen atoms in total. The van der Waals surface area contributed by atoms with Gasteiger partial charge in [-0.25, -0.2) is 4.79 Å². The van der Waals surface area contributed by atoms with Gasteiger partial charge < -0.3 is 14.2 Å². The first-order chi connectivity index (χ1) is 7.61. The van der Waals surface area contributed by atoms with Crippen molar-refractivity contribution in [3.05, 3.63) is 24.3 Å². The quantitative estimate of drug-likeness (QED) is 0.582. The molecule has 0 N–H and O–H groups in total. The van der Waals surface area contributed by atoms with Crippen LogP contribution in [-0.4, -0.2) is 19.9 Å². The maximum absolute atomic E-state index is 11.2. The number of carbonyl (C=O) groups is 1. The van der Waals surface area contributed by atoms with E-state index in [0.29, 0.717) is 24.0 Å². The lowest BCUT2D eigenvalue weighted by atomic mass is 10.2. The Bertz CT molecular complexity index is 329. The zero-order chi connectivity index (χ0) is 12.0. The largest absolute Gasteiger partial charge is 0.513 e. The van der Waals surface area contributed by atoms with Crippen molar-refractivity contribution in [2.24, 2.45) is 5.92 Å². The molecule has 0 aliphatic carbocycles. The minimum Gasteiger partial charge on any atom is -0.497 e. The highest BCUT2D eigenvalue weighted by molar-refractivity contribution is 5.63. The maximum atomic E-state index is 11.2. The average molecular weight is 224 g/mol. The Morgan fingerprint density at radius 1 is 1.19 bits per heavy atom. The molecule has 0 radical (unpaired) electrons. The van der Waals surface area contributed by atoms with E-state index in [1.807, 2.05) is 13.8 Å². The van der Waals surface area contributed by atoms with Gasteiger partial charge in [0, 0.05) is 0 Å². The molecule has 0 aromatic heterocycles. The highest BCUT2D eigenvalue weighted by Gasteiger charge is 2.06. The Labute approximate surface area is 95.1 Å². The van der Waals surface area contributed by atoms with E-state index in [-0.39, 0.29) is 0 Å². The fourth-order valence-electron chi connectivity index (χ4n) is 1.00. The zero-order valence-corrected chi connectivity index (χ0v) is 9.73. The number of rotatable bonds is 4. The number of hydrogen-bond acceptors (Lipinski definition) is 4. The van der Waals surface area contributed by atoms with Gasteiger partial charge in [0.05, 0.1) is 13.7 Å². The molecule has 1 aromatic carbocycles. The molecule has 0 saturated carbocycles. The lowest BCUT2D eigenvalue weighted by molar-refractivity contribution is 0.0885. The van der Waals surface area contributed by atoms with Crippen molar-refractivity contribution >= 4 is 6.16 Å². The highest BCUT2D eigenvalue weighted by Crippen LogP contribution is 2.17. The fraction of sp³-hybridized carbons (Fsp3) is 0.417. The third kappa shape index (κ3) is 4.21. The van der Waals surface area contributed by atoms with E-state index in [2.05, 4.69) is 0 Å². The SMILES string of the molecule is COc1ccc(OC(=O)OCC(C)C)cc1. The van der Waals surface area contributed by atoms with E-state index in [1.165, 1.54) is 0 Å². The molecule has 4 heteroatoms. The second kappa shape index (κ2) is 6.00. The zero-order valence-electron chi connectivity index (χ0n) is 9.73. The maximum Gasteiger partial charge on any atom is 0.513 e. The molecule has 16 heavy (non-hydrogen) atoms. The lowest BCUT2D eigenvalue weighted by Crippen LogP contribution is -2.14. The molecule has 0 fully saturated rings. The summed E-state index contributed by atoms with van der Waals surface area (Å²) < 4.78 is 14.8. The van der Waals surface area contributed by atoms with E-state index in [0.717, 1.165) is 0 Å². The van der Waals surface area contributed by atoms with Gasteiger partial charge in [0.15, 0.2) is 0 Å². The summed E-state index contributed by atoms with van der Waals surface area (Å²) in [4.78, 5) is 11.2. The monoisotopic (exact) mass is 224 g/mol. The Hall–Kier alpha value is -1.71. The second-order valence-electron chi connectivity index (χ2n) is 3.73. The lowest BCUT2D eigenvalue weighted by Gasteiger charge is -2.07. The molecule has 0 heterocycles. The van der Waals surface area contributed by atoms with Gasteiger partial charge in [0.1, 0.15) is 11.5 Å². The van der Waals surface area contributed by atoms with E-state index in [1.54, 1.807) is 31.4 Å². The van der Waals surface area contributed by atoms with Crippen molar-refractivity contribution in [1.29, 1.82) is 0 Å². The highest BCUT2D eigenvalue weighted by atomic mass is 16.7. The van der Waals surface area contributed by atoms with Crippen LogP contribution in [0, 0.1) is 5.92 Å². The van der Waals surface area contributed by atoms with Crippen molar-refractivity contribution in [3.63, 3.8) is 0 Å². The molecule has 0 saturated heterocycles. The van der Waals surface area contributed by atoms with Crippen LogP contribution in [0.3, 0.4) is 0 Å². The van der Waals surface area contributed by atoms with Crippen LogP contribution >= 0.6 is 0 Å². The minimum absolute atomic E-state index is 0.295. The van der Waals surface area contributed by atoms with Gasteiger partial charge in [-0.3, -0.25) is 0 Å². The molecular formula is C12H16O4. The average Bonchev–Trinajstić information content (AvgIpc) is 2.27. The van der Waals surface area contributed by atoms with E-state index in [9.17, 15) is 4.79 Å². The van der Waals surface area contributed by atoms with Crippen molar-refractivity contribution in [2.45, 2.75) is 13.8 Å². The van der Waals surface area contributed by atoms with Gasteiger partial charge in [-0.2, -0.15) is 0 Å². The van der Waals surface area contributed by atoms with Crippen molar-refractivity contribution < 1.29 is 19.0 Å². The van der Waals surface area contributed by atoms with Crippen molar-refractivity contribution in [3.8, 4) is 11.5 Å². The van der Waals surface area contributed by atoms with Crippen LogP contribution in [-0.2, 0) is 4.74 Å². The number of hydrogen-bond donors (Lipinski definition) is 0. The van der Waals surface area contributed by atoms with Crippen LogP contribution in [0.15, 0.2) is 24.3 Å². The summed E-state index contributed by atoms with van der Waals surface area (Å²) in [5.41, 5.74) is 0. The van der Waals surface area contributed by atoms with Crippen LogP contribution in [0.5, 0.6) is 11.5 Å². The predicted octanol–water partition coefficient (Wildman–Crippen LogP) is 2.87. The Morgan fingerprint density at radius 3 is 2.25 bits per heavy atom. The molecule has 0 amide bonds. The smallest absolute Gasteiger partial charge is 0.497 e. The summed E-state index contributed by atoms with van der Waals surface area (Å²) in [6, 6.07) is 6.72. The summed E-state index contributed by atoms with van der Waals surface area (Å²) in [5, 5.41) is 0. The molecule has 1 aromatic rings. The predicted molar refractivity (Wildman–Crippen MR) is 59.8 cm³/mol. The fourth-order valence-corrected chi connectivity index (χ4v) is 1.00. The number of carbonyl (C=O) groups excluding carboxylic acids is 1. The molecule has 0 aliphatic rings. The first-order valence-corrected chi connectivity index (χ1v) is 5.10. The molecule has 0 atom stereocenters. The number of methoxy groups -OCH3 is 1. The van der Waals surface area contributed by atoms with E-state index >= 15 is 0 Å². The van der Waals surface area contributed by atoms with Gasteiger partial charge in [-0.15, -0.1) is 0 Å². The Morgan fingerprint density at radius 2 is 1.75 bits per heavy atom. The summed E-state index contributed by atoms with van der Waals surface area (Å²) in [6.07, 6.45) is -0.682. The van der Waals surface area contributed by atoms with Crippen LogP contribution in [0.25, 0.3) is 0 Å². The molecular weight excluding hydrogens is 208 g/mol. The summed E-state index contributed by atoms with van der Waals surface area (Å²) >= 11 is 0. The summed E-state index contributed by atoms with van der Waals surface area (Å²) in [6.45, 7) is 4.27. The minimum atomic E-state index is -0.682. The first kappa shape index (κ1) is 12.4. The van der Waals surface area contributed by atoms with Crippen LogP contribution in [0.2, 0.25) is 0 Å². The van der Waals surface area contributed by atoms with Crippen molar-refractivity contribution in [2.75, 3.05) is 13.7 Å². The molecule has 0 spiro atoms. The van der Waals surface area contributed by atoms with Gasteiger partial charge in [-0.05, 0) is 30.2 Å². The standard InChI is InChI=1S/C12H16O4/c1-9(2)8-15-12(13)16-11-6-4-10(14-3)5-7-11/h4-7,9H,8H2,1-3H3. The third-order valence-electron chi connectivity index (χ3n) is 1.80. The van der Waals surface area contributed by atoms with Gasteiger partial charge in [0.2, 0.25) is 0 Å². The summed E-state index contributed by atoms with van der Waals surface area (Å²) in [7, 11) is 1.58. The normalized spacial score (nSPS) is 10.0. The van der Waals surface area contributed by atoms with Gasteiger partial charge in [-0.1, -0.05) is 13.8 Å². The number of benzene rings is 1. The van der Waals surface area contributed by atoms with Crippen molar-refractivity contribution in [1.82, 2.24) is 0 Å². The number of ether oxygens (including phenoxy) is 3. The molecule has 1 rings (SSSR count). The van der Waals surface area contributed by atoms with Crippen LogP contribution in [0.4, 0.5) is 4.79 Å². The van der Waals surface area contributed by atoms with Crippen LogP contribution < -0.4 is 9.47 Å².